The number of amides is 1. The van der Waals surface area contributed by atoms with Crippen molar-refractivity contribution in [1.82, 2.24) is 15.5 Å². The van der Waals surface area contributed by atoms with Gasteiger partial charge in [-0.15, -0.1) is 10.2 Å². The Morgan fingerprint density at radius 3 is 2.56 bits per heavy atom. The molecular weight excluding hydrogens is 386 g/mol. The number of benzene rings is 1. The number of thioether (sulfide) groups is 1. The Kier molecular flexibility index (Phi) is 7.56. The summed E-state index contributed by atoms with van der Waals surface area (Å²) in [5.74, 6) is 1.19. The van der Waals surface area contributed by atoms with E-state index in [1.807, 2.05) is 58.9 Å². The number of hydrogen-bond donors (Lipinski definition) is 1. The first-order valence-electron chi connectivity index (χ1n) is 8.88. The summed E-state index contributed by atoms with van der Waals surface area (Å²) < 4.78 is 11.1. The van der Waals surface area contributed by atoms with Gasteiger partial charge in [-0.25, -0.2) is 4.79 Å². The molecule has 1 aromatic heterocycles. The van der Waals surface area contributed by atoms with Crippen molar-refractivity contribution in [2.75, 3.05) is 0 Å². The van der Waals surface area contributed by atoms with Crippen LogP contribution < -0.4 is 5.32 Å². The van der Waals surface area contributed by atoms with E-state index in [2.05, 4.69) is 15.5 Å². The van der Waals surface area contributed by atoms with Crippen LogP contribution in [-0.2, 0) is 10.5 Å². The van der Waals surface area contributed by atoms with Crippen LogP contribution in [0.3, 0.4) is 0 Å². The second-order valence-electron chi connectivity index (χ2n) is 7.33. The summed E-state index contributed by atoms with van der Waals surface area (Å²) in [5.41, 5.74) is 0.535. The van der Waals surface area contributed by atoms with Gasteiger partial charge in [0, 0.05) is 10.8 Å². The molecule has 148 valence electrons. The van der Waals surface area contributed by atoms with Crippen molar-refractivity contribution in [1.29, 1.82) is 0 Å². The number of ether oxygens (including phenoxy) is 1. The van der Waals surface area contributed by atoms with Crippen molar-refractivity contribution in [3.8, 4) is 0 Å². The molecule has 0 aliphatic carbocycles. The topological polar surface area (TPSA) is 77.2 Å². The van der Waals surface area contributed by atoms with Gasteiger partial charge in [-0.3, -0.25) is 0 Å². The van der Waals surface area contributed by atoms with Crippen molar-refractivity contribution in [3.63, 3.8) is 0 Å². The minimum Gasteiger partial charge on any atom is -0.444 e. The van der Waals surface area contributed by atoms with E-state index in [1.54, 1.807) is 0 Å². The maximum absolute atomic E-state index is 12.2. The first kappa shape index (κ1) is 21.6. The van der Waals surface area contributed by atoms with Crippen LogP contribution in [-0.4, -0.2) is 21.9 Å². The maximum atomic E-state index is 12.2. The molecule has 0 bridgehead atoms. The number of halogens is 1. The highest BCUT2D eigenvalue weighted by molar-refractivity contribution is 7.98. The molecule has 2 rings (SSSR count). The highest BCUT2D eigenvalue weighted by Crippen LogP contribution is 2.28. The van der Waals surface area contributed by atoms with Gasteiger partial charge in [0.2, 0.25) is 5.89 Å². The fourth-order valence-corrected chi connectivity index (χ4v) is 3.10. The van der Waals surface area contributed by atoms with Crippen molar-refractivity contribution in [2.24, 2.45) is 5.92 Å². The second kappa shape index (κ2) is 9.46. The number of nitrogens with one attached hydrogen (secondary N) is 1. The molecular formula is C19H26ClN3O3S. The van der Waals surface area contributed by atoms with Gasteiger partial charge >= 0.3 is 6.09 Å². The fourth-order valence-electron chi connectivity index (χ4n) is 2.25. The lowest BCUT2D eigenvalue weighted by Crippen LogP contribution is -2.37. The molecule has 0 radical (unpaired) electrons. The average Bonchev–Trinajstić information content (AvgIpc) is 3.05. The van der Waals surface area contributed by atoms with E-state index in [0.29, 0.717) is 21.9 Å². The molecule has 0 aliphatic rings. The monoisotopic (exact) mass is 411 g/mol. The van der Waals surface area contributed by atoms with Gasteiger partial charge in [-0.05, 0) is 44.4 Å². The molecule has 0 spiro atoms. The molecule has 0 aliphatic heterocycles. The Morgan fingerprint density at radius 2 is 1.96 bits per heavy atom. The molecule has 6 nitrogen and oxygen atoms in total. The van der Waals surface area contributed by atoms with Gasteiger partial charge < -0.3 is 14.5 Å². The standard InChI is InChI=1S/C19H26ClN3O3S/c1-6-12(2)15(21-17(24)26-19(3,4)5)16-22-23-18(25-16)27-11-13-7-9-14(20)10-8-13/h7-10,12,15H,6,11H2,1-5H3,(H,21,24)/t12-,15-/m1/s1. The summed E-state index contributed by atoms with van der Waals surface area (Å²) >= 11 is 7.34. The summed E-state index contributed by atoms with van der Waals surface area (Å²) in [7, 11) is 0. The lowest BCUT2D eigenvalue weighted by atomic mass is 9.99. The van der Waals surface area contributed by atoms with Crippen molar-refractivity contribution in [3.05, 3.63) is 40.7 Å². The minimum absolute atomic E-state index is 0.118. The molecule has 2 atom stereocenters. The highest BCUT2D eigenvalue weighted by Gasteiger charge is 2.28. The fraction of sp³-hybridized carbons (Fsp3) is 0.526. The van der Waals surface area contributed by atoms with E-state index in [4.69, 9.17) is 20.8 Å². The molecule has 1 amide bonds. The number of rotatable bonds is 7. The summed E-state index contributed by atoms with van der Waals surface area (Å²) in [6.45, 7) is 9.53. The van der Waals surface area contributed by atoms with Crippen LogP contribution in [0.4, 0.5) is 4.79 Å². The van der Waals surface area contributed by atoms with E-state index in [-0.39, 0.29) is 5.92 Å². The molecule has 1 heterocycles. The lowest BCUT2D eigenvalue weighted by Gasteiger charge is -2.24. The van der Waals surface area contributed by atoms with Crippen molar-refractivity contribution < 1.29 is 13.9 Å². The van der Waals surface area contributed by atoms with Crippen LogP contribution >= 0.6 is 23.4 Å². The predicted molar refractivity (Wildman–Crippen MR) is 107 cm³/mol. The Balaban J connectivity index is 2.04. The van der Waals surface area contributed by atoms with E-state index in [9.17, 15) is 4.79 Å². The molecule has 2 aromatic rings. The van der Waals surface area contributed by atoms with E-state index < -0.39 is 17.7 Å². The van der Waals surface area contributed by atoms with Crippen LogP contribution in [0.15, 0.2) is 33.9 Å². The average molecular weight is 412 g/mol. The highest BCUT2D eigenvalue weighted by atomic mass is 35.5. The molecule has 0 saturated heterocycles. The third kappa shape index (κ3) is 7.07. The first-order chi connectivity index (χ1) is 12.7. The number of carbonyl (C=O) groups is 1. The molecule has 0 fully saturated rings. The van der Waals surface area contributed by atoms with Crippen molar-refractivity contribution >= 4 is 29.5 Å². The van der Waals surface area contributed by atoms with Gasteiger partial charge in [-0.1, -0.05) is 55.8 Å². The van der Waals surface area contributed by atoms with Gasteiger partial charge in [0.15, 0.2) is 0 Å². The normalized spacial score (nSPS) is 13.9. The smallest absolute Gasteiger partial charge is 0.408 e. The molecule has 27 heavy (non-hydrogen) atoms. The predicted octanol–water partition coefficient (Wildman–Crippen LogP) is 5.63. The van der Waals surface area contributed by atoms with Crippen LogP contribution in [0, 0.1) is 5.92 Å². The SMILES string of the molecule is CC[C@@H](C)[C@@H](NC(=O)OC(C)(C)C)c1nnc(SCc2ccc(Cl)cc2)o1. The molecule has 8 heteroatoms. The summed E-state index contributed by atoms with van der Waals surface area (Å²) in [6.07, 6.45) is 0.345. The zero-order valence-electron chi connectivity index (χ0n) is 16.3. The Bertz CT molecular complexity index is 743. The largest absolute Gasteiger partial charge is 0.444 e. The van der Waals surface area contributed by atoms with Gasteiger partial charge in [0.1, 0.15) is 11.6 Å². The van der Waals surface area contributed by atoms with Gasteiger partial charge in [0.05, 0.1) is 0 Å². The van der Waals surface area contributed by atoms with Crippen LogP contribution in [0.2, 0.25) is 5.02 Å². The number of carbonyl (C=O) groups excluding carboxylic acids is 1. The minimum atomic E-state index is -0.571. The van der Waals surface area contributed by atoms with Crippen LogP contribution in [0.25, 0.3) is 0 Å². The quantitative estimate of drug-likeness (QED) is 0.595. The lowest BCUT2D eigenvalue weighted by molar-refractivity contribution is 0.0474. The summed E-state index contributed by atoms with van der Waals surface area (Å²) in [6, 6.07) is 7.21. The van der Waals surface area contributed by atoms with Crippen LogP contribution in [0.5, 0.6) is 0 Å². The Labute approximate surface area is 169 Å². The van der Waals surface area contributed by atoms with E-state index >= 15 is 0 Å². The van der Waals surface area contributed by atoms with Gasteiger partial charge in [-0.2, -0.15) is 0 Å². The Hall–Kier alpha value is -1.73. The number of hydrogen-bond acceptors (Lipinski definition) is 6. The van der Waals surface area contributed by atoms with E-state index in [0.717, 1.165) is 12.0 Å². The molecule has 1 aromatic carbocycles. The third-order valence-corrected chi connectivity index (χ3v) is 4.99. The number of aromatic nitrogens is 2. The maximum Gasteiger partial charge on any atom is 0.408 e. The zero-order valence-corrected chi connectivity index (χ0v) is 17.9. The third-order valence-electron chi connectivity index (χ3n) is 3.85. The summed E-state index contributed by atoms with van der Waals surface area (Å²) in [4.78, 5) is 12.2. The van der Waals surface area contributed by atoms with Crippen LogP contribution in [0.1, 0.15) is 58.5 Å². The zero-order chi connectivity index (χ0) is 20.0. The molecule has 1 N–H and O–H groups in total. The van der Waals surface area contributed by atoms with Crippen molar-refractivity contribution in [2.45, 2.75) is 63.7 Å². The first-order valence-corrected chi connectivity index (χ1v) is 10.2. The van der Waals surface area contributed by atoms with E-state index in [1.165, 1.54) is 11.8 Å². The Morgan fingerprint density at radius 1 is 1.30 bits per heavy atom. The number of nitrogens with zero attached hydrogens (tertiary/aromatic N) is 2. The number of alkyl carbamates (subject to hydrolysis) is 1. The second-order valence-corrected chi connectivity index (χ2v) is 8.69. The van der Waals surface area contributed by atoms with Gasteiger partial charge in [0.25, 0.3) is 5.22 Å². The molecule has 0 unspecified atom stereocenters. The molecule has 0 saturated carbocycles. The summed E-state index contributed by atoms with van der Waals surface area (Å²) in [5, 5.41) is 12.2.